The van der Waals surface area contributed by atoms with E-state index in [2.05, 4.69) is 25.6 Å². The van der Waals surface area contributed by atoms with E-state index in [9.17, 15) is 18.0 Å². The van der Waals surface area contributed by atoms with Gasteiger partial charge < -0.3 is 10.6 Å². The largest absolute Gasteiger partial charge is 0.433 e. The molecule has 0 bridgehead atoms. The van der Waals surface area contributed by atoms with Crippen molar-refractivity contribution in [2.45, 2.75) is 37.6 Å². The average Bonchev–Trinajstić information content (AvgIpc) is 3.24. The minimum Gasteiger partial charge on any atom is -0.349 e. The van der Waals surface area contributed by atoms with Gasteiger partial charge in [0, 0.05) is 17.8 Å². The van der Waals surface area contributed by atoms with Gasteiger partial charge in [0.1, 0.15) is 12.0 Å². The zero-order valence-electron chi connectivity index (χ0n) is 14.0. The molecule has 0 spiro atoms. The summed E-state index contributed by atoms with van der Waals surface area (Å²) in [4.78, 5) is 23.7. The number of rotatable bonds is 4. The molecule has 1 aliphatic carbocycles. The van der Waals surface area contributed by atoms with Crippen molar-refractivity contribution in [2.24, 2.45) is 5.92 Å². The van der Waals surface area contributed by atoms with Gasteiger partial charge in [-0.1, -0.05) is 0 Å². The van der Waals surface area contributed by atoms with Crippen molar-refractivity contribution < 1.29 is 18.0 Å². The zero-order chi connectivity index (χ0) is 18.3. The van der Waals surface area contributed by atoms with Gasteiger partial charge in [0.15, 0.2) is 0 Å². The van der Waals surface area contributed by atoms with Crippen LogP contribution in [-0.2, 0) is 17.5 Å². The van der Waals surface area contributed by atoms with E-state index in [0.29, 0.717) is 28.9 Å². The summed E-state index contributed by atoms with van der Waals surface area (Å²) in [5.41, 5.74) is 0.521. The Balaban J connectivity index is 0.00000210. The van der Waals surface area contributed by atoms with Crippen LogP contribution in [0.1, 0.15) is 24.2 Å². The molecule has 2 aromatic rings. The van der Waals surface area contributed by atoms with E-state index < -0.39 is 11.9 Å². The maximum Gasteiger partial charge on any atom is 0.433 e. The molecule has 0 radical (unpaired) electrons. The summed E-state index contributed by atoms with van der Waals surface area (Å²) in [5.74, 6) is 0.567. The molecule has 0 aromatic carbocycles. The Morgan fingerprint density at radius 1 is 1.22 bits per heavy atom. The summed E-state index contributed by atoms with van der Waals surface area (Å²) in [6.45, 7) is 0.232. The molecule has 3 heterocycles. The third-order valence-corrected chi connectivity index (χ3v) is 4.71. The molecular weight excluding hydrogens is 383 g/mol. The van der Waals surface area contributed by atoms with Crippen LogP contribution in [0, 0.1) is 5.92 Å². The minimum absolute atomic E-state index is 0. The van der Waals surface area contributed by atoms with E-state index in [1.54, 1.807) is 6.07 Å². The Morgan fingerprint density at radius 2 is 2.04 bits per heavy atom. The van der Waals surface area contributed by atoms with Crippen LogP contribution in [0.4, 0.5) is 13.2 Å². The Labute approximate surface area is 159 Å². The fourth-order valence-corrected chi connectivity index (χ4v) is 3.19. The number of halogens is 4. The first-order valence-electron chi connectivity index (χ1n) is 8.28. The van der Waals surface area contributed by atoms with Crippen molar-refractivity contribution in [3.8, 4) is 11.3 Å². The van der Waals surface area contributed by atoms with Crippen molar-refractivity contribution >= 4 is 18.3 Å². The molecular formula is C17H17ClF3N5O. The van der Waals surface area contributed by atoms with Crippen molar-refractivity contribution in [1.29, 1.82) is 0 Å². The van der Waals surface area contributed by atoms with Crippen LogP contribution >= 0.6 is 12.4 Å². The molecule has 1 aliphatic heterocycles. The highest BCUT2D eigenvalue weighted by molar-refractivity contribution is 5.85. The molecule has 6 nitrogen and oxygen atoms in total. The number of nitrogens with one attached hydrogen (secondary N) is 2. The van der Waals surface area contributed by atoms with Gasteiger partial charge in [0.25, 0.3) is 0 Å². The number of nitrogens with zero attached hydrogens (tertiary/aromatic N) is 3. The summed E-state index contributed by atoms with van der Waals surface area (Å²) in [5, 5.41) is 6.11. The molecule has 2 aliphatic rings. The normalized spacial score (nSPS) is 23.3. The number of carbonyl (C=O) groups excluding carboxylic acids is 1. The number of hydrogen-bond acceptors (Lipinski definition) is 5. The van der Waals surface area contributed by atoms with E-state index in [1.165, 1.54) is 12.4 Å². The summed E-state index contributed by atoms with van der Waals surface area (Å²) >= 11 is 0. The van der Waals surface area contributed by atoms with E-state index in [1.807, 2.05) is 0 Å². The van der Waals surface area contributed by atoms with Crippen molar-refractivity contribution in [3.05, 3.63) is 42.1 Å². The van der Waals surface area contributed by atoms with Gasteiger partial charge in [-0.2, -0.15) is 13.2 Å². The van der Waals surface area contributed by atoms with Gasteiger partial charge in [0.05, 0.1) is 24.0 Å². The zero-order valence-corrected chi connectivity index (χ0v) is 14.8. The number of pyridine rings is 1. The highest BCUT2D eigenvalue weighted by Crippen LogP contribution is 2.40. The molecule has 2 N–H and O–H groups in total. The molecule has 2 fully saturated rings. The third kappa shape index (κ3) is 4.36. The monoisotopic (exact) mass is 399 g/mol. The van der Waals surface area contributed by atoms with E-state index in [0.717, 1.165) is 25.1 Å². The Hall–Kier alpha value is -2.26. The fraction of sp³-hybridized carbons (Fsp3) is 0.412. The van der Waals surface area contributed by atoms with Crippen molar-refractivity contribution in [2.75, 3.05) is 0 Å². The molecule has 10 heteroatoms. The van der Waals surface area contributed by atoms with Crippen LogP contribution in [-0.4, -0.2) is 32.9 Å². The molecule has 1 saturated carbocycles. The number of piperidine rings is 1. The quantitative estimate of drug-likeness (QED) is 0.825. The predicted molar refractivity (Wildman–Crippen MR) is 92.8 cm³/mol. The van der Waals surface area contributed by atoms with Gasteiger partial charge in [-0.05, 0) is 37.0 Å². The fourth-order valence-electron chi connectivity index (χ4n) is 3.19. The molecule has 2 unspecified atom stereocenters. The van der Waals surface area contributed by atoms with Crippen molar-refractivity contribution in [3.63, 3.8) is 0 Å². The van der Waals surface area contributed by atoms with Gasteiger partial charge >= 0.3 is 6.18 Å². The Kier molecular flexibility index (Phi) is 5.34. The number of fused-ring (bicyclic) bond motifs is 1. The first-order chi connectivity index (χ1) is 12.4. The number of amides is 1. The first kappa shape index (κ1) is 19.5. The standard InChI is InChI=1S/C17H16F3N5O.ClH/c18-17(19,20)15-2-1-9(6-21-15)12-5-11(23-8-24-12)7-22-16(26)14-4-10-3-13(10)25-14;/h1-2,5-6,8,10,13-14,25H,3-4,7H2,(H,22,26);1H/t10?,13?,14-;/m0./s1. The molecule has 4 rings (SSSR count). The lowest BCUT2D eigenvalue weighted by Crippen LogP contribution is -2.42. The van der Waals surface area contributed by atoms with E-state index >= 15 is 0 Å². The smallest absolute Gasteiger partial charge is 0.349 e. The number of hydrogen-bond donors (Lipinski definition) is 2. The molecule has 1 amide bonds. The molecule has 27 heavy (non-hydrogen) atoms. The predicted octanol–water partition coefficient (Wildman–Crippen LogP) is 2.35. The van der Waals surface area contributed by atoms with Crippen LogP contribution in [0.3, 0.4) is 0 Å². The number of carbonyl (C=O) groups is 1. The first-order valence-corrected chi connectivity index (χ1v) is 8.28. The van der Waals surface area contributed by atoms with Crippen molar-refractivity contribution in [1.82, 2.24) is 25.6 Å². The summed E-state index contributed by atoms with van der Waals surface area (Å²) in [6.07, 6.45) is -0.0167. The SMILES string of the molecule is Cl.O=C(NCc1cc(-c2ccc(C(F)(F)F)nc2)ncn1)[C@@H]1CC2CC2N1. The van der Waals surface area contributed by atoms with E-state index in [-0.39, 0.29) is 30.9 Å². The maximum absolute atomic E-state index is 12.6. The number of aromatic nitrogens is 3. The van der Waals surface area contributed by atoms with Crippen LogP contribution in [0.2, 0.25) is 0 Å². The van der Waals surface area contributed by atoms with Gasteiger partial charge in [-0.25, -0.2) is 9.97 Å². The second-order valence-corrected chi connectivity index (χ2v) is 6.60. The molecule has 144 valence electrons. The highest BCUT2D eigenvalue weighted by Gasteiger charge is 2.47. The summed E-state index contributed by atoms with van der Waals surface area (Å²) in [6, 6.07) is 4.19. The lowest BCUT2D eigenvalue weighted by atomic mass is 10.1. The lowest BCUT2D eigenvalue weighted by molar-refractivity contribution is -0.141. The summed E-state index contributed by atoms with van der Waals surface area (Å²) < 4.78 is 37.8. The average molecular weight is 400 g/mol. The Bertz CT molecular complexity index is 820. The summed E-state index contributed by atoms with van der Waals surface area (Å²) in [7, 11) is 0. The topological polar surface area (TPSA) is 79.8 Å². The van der Waals surface area contributed by atoms with Gasteiger partial charge in [-0.3, -0.25) is 9.78 Å². The molecule has 3 atom stereocenters. The van der Waals surface area contributed by atoms with Gasteiger partial charge in [-0.15, -0.1) is 12.4 Å². The second-order valence-electron chi connectivity index (χ2n) is 6.60. The van der Waals surface area contributed by atoms with Crippen LogP contribution in [0.25, 0.3) is 11.3 Å². The van der Waals surface area contributed by atoms with Crippen LogP contribution < -0.4 is 10.6 Å². The Morgan fingerprint density at radius 3 is 2.67 bits per heavy atom. The second kappa shape index (κ2) is 7.40. The lowest BCUT2D eigenvalue weighted by Gasteiger charge is -2.13. The van der Waals surface area contributed by atoms with Crippen LogP contribution in [0.15, 0.2) is 30.7 Å². The molecule has 2 aromatic heterocycles. The van der Waals surface area contributed by atoms with E-state index in [4.69, 9.17) is 0 Å². The third-order valence-electron chi connectivity index (χ3n) is 4.71. The van der Waals surface area contributed by atoms with Crippen LogP contribution in [0.5, 0.6) is 0 Å². The minimum atomic E-state index is -4.48. The maximum atomic E-state index is 12.6. The highest BCUT2D eigenvalue weighted by atomic mass is 35.5. The van der Waals surface area contributed by atoms with Gasteiger partial charge in [0.2, 0.25) is 5.91 Å². The molecule has 1 saturated heterocycles. The number of alkyl halides is 3.